The van der Waals surface area contributed by atoms with Gasteiger partial charge < -0.3 is 9.80 Å². The van der Waals surface area contributed by atoms with Crippen molar-refractivity contribution in [2.45, 2.75) is 56.5 Å². The number of amides is 2. The largest absolute Gasteiger partial charge is 0.335 e. The molecule has 2 amide bonds. The standard InChI is InChI=1S/C19H19Cl2NOS.C18H16BrCl2NO/c1-12-14-6-4-3-5-13(14)9-10-22(12)18(23)11-15-16(20)7-8-17(24-2)19(15)21;1-11-13-5-3-2-4-12(13)8-9-22(11)17(23)10-14-16(20)7-6-15(19)18(14)21/h3-8,12H,9-11H2,1-2H3;2-7,11H,8-10H2,1H3/t12-;11-/m00/s1. The van der Waals surface area contributed by atoms with E-state index < -0.39 is 0 Å². The third-order valence-electron chi connectivity index (χ3n) is 9.00. The first-order valence-corrected chi connectivity index (χ1v) is 18.9. The topological polar surface area (TPSA) is 40.6 Å². The minimum Gasteiger partial charge on any atom is -0.335 e. The SMILES string of the molecule is CSc1ccc(Cl)c(CC(=O)N2CCc3ccccc3[C@@H]2C)c1Cl.C[C@H]1c2ccccc2CCN1C(=O)Cc1c(Cl)ccc(Br)c1Cl. The zero-order valence-electron chi connectivity index (χ0n) is 26.3. The first-order chi connectivity index (χ1) is 22.5. The van der Waals surface area contributed by atoms with E-state index in [1.54, 1.807) is 23.9 Å². The second kappa shape index (κ2) is 16.0. The van der Waals surface area contributed by atoms with Gasteiger partial charge in [0, 0.05) is 32.5 Å². The number of rotatable bonds is 5. The highest BCUT2D eigenvalue weighted by molar-refractivity contribution is 9.10. The second-order valence-electron chi connectivity index (χ2n) is 11.6. The maximum atomic E-state index is 12.9. The molecule has 0 fully saturated rings. The Labute approximate surface area is 309 Å². The van der Waals surface area contributed by atoms with E-state index in [9.17, 15) is 9.59 Å². The number of hydrogen-bond acceptors (Lipinski definition) is 3. The third-order valence-corrected chi connectivity index (χ3v) is 12.3. The molecule has 0 saturated carbocycles. The van der Waals surface area contributed by atoms with Crippen molar-refractivity contribution in [2.24, 2.45) is 0 Å². The second-order valence-corrected chi connectivity index (χ2v) is 14.9. The van der Waals surface area contributed by atoms with Gasteiger partial charge in [0.05, 0.1) is 35.0 Å². The minimum atomic E-state index is 0.0499. The van der Waals surface area contributed by atoms with Gasteiger partial charge in [-0.25, -0.2) is 0 Å². The van der Waals surface area contributed by atoms with Crippen molar-refractivity contribution in [3.05, 3.63) is 131 Å². The summed E-state index contributed by atoms with van der Waals surface area (Å²) < 4.78 is 0.753. The highest BCUT2D eigenvalue weighted by Crippen LogP contribution is 2.37. The maximum Gasteiger partial charge on any atom is 0.227 e. The molecule has 2 atom stereocenters. The molecule has 0 aromatic heterocycles. The van der Waals surface area contributed by atoms with Gasteiger partial charge in [-0.15, -0.1) is 11.8 Å². The van der Waals surface area contributed by atoms with E-state index in [0.29, 0.717) is 25.7 Å². The summed E-state index contributed by atoms with van der Waals surface area (Å²) in [6.07, 6.45) is 4.18. The molecule has 2 aliphatic heterocycles. The van der Waals surface area contributed by atoms with Crippen LogP contribution in [0.2, 0.25) is 20.1 Å². The fourth-order valence-corrected chi connectivity index (χ4v) is 8.48. The first kappa shape index (κ1) is 36.1. The molecule has 4 aromatic carbocycles. The lowest BCUT2D eigenvalue weighted by Gasteiger charge is -2.35. The van der Waals surface area contributed by atoms with E-state index >= 15 is 0 Å². The number of hydrogen-bond donors (Lipinski definition) is 0. The fourth-order valence-electron chi connectivity index (χ4n) is 6.36. The Morgan fingerprint density at radius 2 is 1.15 bits per heavy atom. The Bertz CT molecular complexity index is 1800. The summed E-state index contributed by atoms with van der Waals surface area (Å²) >= 11 is 30.2. The van der Waals surface area contributed by atoms with E-state index in [1.165, 1.54) is 22.3 Å². The summed E-state index contributed by atoms with van der Waals surface area (Å²) in [5.74, 6) is 0.118. The summed E-state index contributed by atoms with van der Waals surface area (Å²) in [6, 6.07) is 24.0. The fraction of sp³-hybridized carbons (Fsp3) is 0.297. The van der Waals surface area contributed by atoms with Crippen LogP contribution >= 0.6 is 74.1 Å². The molecule has 4 nitrogen and oxygen atoms in total. The van der Waals surface area contributed by atoms with Gasteiger partial charge in [0.15, 0.2) is 0 Å². The predicted octanol–water partition coefficient (Wildman–Crippen LogP) is 10.8. The van der Waals surface area contributed by atoms with E-state index in [-0.39, 0.29) is 36.7 Å². The van der Waals surface area contributed by atoms with Gasteiger partial charge in [-0.1, -0.05) is 94.9 Å². The Balaban J connectivity index is 0.000000185. The van der Waals surface area contributed by atoms with Gasteiger partial charge in [-0.05, 0) is 107 Å². The number of thioether (sulfide) groups is 1. The maximum absolute atomic E-state index is 12.9. The van der Waals surface area contributed by atoms with Crippen LogP contribution in [0.3, 0.4) is 0 Å². The number of halogens is 5. The Hall–Kier alpha value is -2.19. The van der Waals surface area contributed by atoms with Gasteiger partial charge in [0.25, 0.3) is 0 Å². The quantitative estimate of drug-likeness (QED) is 0.149. The average molecular weight is 793 g/mol. The van der Waals surface area contributed by atoms with Crippen molar-refractivity contribution >= 4 is 85.9 Å². The molecule has 2 heterocycles. The van der Waals surface area contributed by atoms with Gasteiger partial charge >= 0.3 is 0 Å². The van der Waals surface area contributed by atoms with E-state index in [0.717, 1.165) is 40.9 Å². The van der Waals surface area contributed by atoms with Crippen molar-refractivity contribution in [1.82, 2.24) is 9.80 Å². The smallest absolute Gasteiger partial charge is 0.227 e. The van der Waals surface area contributed by atoms with Crippen LogP contribution in [0.4, 0.5) is 0 Å². The molecule has 0 saturated heterocycles. The average Bonchev–Trinajstić information content (AvgIpc) is 3.07. The van der Waals surface area contributed by atoms with Crippen LogP contribution in [0.25, 0.3) is 0 Å². The van der Waals surface area contributed by atoms with Crippen LogP contribution in [0.5, 0.6) is 0 Å². The van der Waals surface area contributed by atoms with Crippen LogP contribution in [0.15, 0.2) is 82.2 Å². The van der Waals surface area contributed by atoms with Crippen LogP contribution in [-0.4, -0.2) is 41.0 Å². The van der Waals surface area contributed by atoms with Crippen molar-refractivity contribution in [1.29, 1.82) is 0 Å². The molecular formula is C37H35BrCl4N2O2S. The number of carbonyl (C=O) groups is 2. The van der Waals surface area contributed by atoms with E-state index in [2.05, 4.69) is 60.1 Å². The summed E-state index contributed by atoms with van der Waals surface area (Å²) in [5, 5.41) is 2.18. The van der Waals surface area contributed by atoms with Crippen LogP contribution in [0, 0.1) is 0 Å². The van der Waals surface area contributed by atoms with Gasteiger partial charge in [-0.2, -0.15) is 0 Å². The van der Waals surface area contributed by atoms with E-state index in [4.69, 9.17) is 46.4 Å². The molecule has 4 aromatic rings. The summed E-state index contributed by atoms with van der Waals surface area (Å²) in [7, 11) is 0. The highest BCUT2D eigenvalue weighted by Gasteiger charge is 2.29. The van der Waals surface area contributed by atoms with Crippen molar-refractivity contribution < 1.29 is 9.59 Å². The van der Waals surface area contributed by atoms with Gasteiger partial charge in [-0.3, -0.25) is 9.59 Å². The molecule has 10 heteroatoms. The first-order valence-electron chi connectivity index (χ1n) is 15.4. The molecule has 6 rings (SSSR count). The Kier molecular flexibility index (Phi) is 12.3. The lowest BCUT2D eigenvalue weighted by Crippen LogP contribution is -2.39. The van der Waals surface area contributed by atoms with Gasteiger partial charge in [0.1, 0.15) is 0 Å². The predicted molar refractivity (Wildman–Crippen MR) is 200 cm³/mol. The lowest BCUT2D eigenvalue weighted by molar-refractivity contribution is -0.133. The van der Waals surface area contributed by atoms with Crippen molar-refractivity contribution in [2.75, 3.05) is 19.3 Å². The number of carbonyl (C=O) groups excluding carboxylic acids is 2. The molecular weight excluding hydrogens is 758 g/mol. The summed E-state index contributed by atoms with van der Waals surface area (Å²) in [4.78, 5) is 30.5. The van der Waals surface area contributed by atoms with Gasteiger partial charge in [0.2, 0.25) is 11.8 Å². The minimum absolute atomic E-state index is 0.0499. The lowest BCUT2D eigenvalue weighted by atomic mass is 9.93. The molecule has 0 N–H and O–H groups in total. The molecule has 0 bridgehead atoms. The number of benzene rings is 4. The number of nitrogens with zero attached hydrogens (tertiary/aromatic N) is 2. The van der Waals surface area contributed by atoms with Crippen LogP contribution < -0.4 is 0 Å². The molecule has 0 spiro atoms. The Morgan fingerprint density at radius 1 is 0.702 bits per heavy atom. The monoisotopic (exact) mass is 790 g/mol. The zero-order chi connectivity index (χ0) is 33.8. The molecule has 246 valence electrons. The van der Waals surface area contributed by atoms with Crippen molar-refractivity contribution in [3.8, 4) is 0 Å². The van der Waals surface area contributed by atoms with Crippen LogP contribution in [0.1, 0.15) is 59.3 Å². The number of fused-ring (bicyclic) bond motifs is 2. The molecule has 47 heavy (non-hydrogen) atoms. The molecule has 0 unspecified atom stereocenters. The van der Waals surface area contributed by atoms with E-state index in [1.807, 2.05) is 46.4 Å². The normalized spacial score (nSPS) is 16.9. The molecule has 0 radical (unpaired) electrons. The molecule has 2 aliphatic rings. The highest BCUT2D eigenvalue weighted by atomic mass is 79.9. The summed E-state index contributed by atoms with van der Waals surface area (Å²) in [5.41, 5.74) is 6.50. The third kappa shape index (κ3) is 8.01. The van der Waals surface area contributed by atoms with Crippen molar-refractivity contribution in [3.63, 3.8) is 0 Å². The zero-order valence-corrected chi connectivity index (χ0v) is 31.8. The Morgan fingerprint density at radius 3 is 1.64 bits per heavy atom. The summed E-state index contributed by atoms with van der Waals surface area (Å²) in [6.45, 7) is 5.60. The molecule has 0 aliphatic carbocycles. The van der Waals surface area contributed by atoms with Crippen LogP contribution in [-0.2, 0) is 35.3 Å².